The fourth-order valence-electron chi connectivity index (χ4n) is 4.26. The molecule has 4 aromatic carbocycles. The van der Waals surface area contributed by atoms with Crippen LogP contribution in [0.25, 0.3) is 10.8 Å². The summed E-state index contributed by atoms with van der Waals surface area (Å²) in [5.41, 5.74) is 5.79. The molecule has 0 bridgehead atoms. The fourth-order valence-corrected chi connectivity index (χ4v) is 4.26. The zero-order valence-corrected chi connectivity index (χ0v) is 19.0. The van der Waals surface area contributed by atoms with Crippen LogP contribution in [0.2, 0.25) is 0 Å². The van der Waals surface area contributed by atoms with E-state index in [4.69, 9.17) is 9.47 Å². The van der Waals surface area contributed by atoms with Crippen molar-refractivity contribution in [2.24, 2.45) is 11.0 Å². The third kappa shape index (κ3) is 4.79. The normalized spacial score (nSPS) is 17.0. The van der Waals surface area contributed by atoms with E-state index < -0.39 is 0 Å². The van der Waals surface area contributed by atoms with Crippen molar-refractivity contribution in [3.63, 3.8) is 0 Å². The number of nitrogens with zero attached hydrogens (tertiary/aromatic N) is 1. The highest BCUT2D eigenvalue weighted by atomic mass is 16.5. The summed E-state index contributed by atoms with van der Waals surface area (Å²) in [5.74, 6) is 1.49. The Hall–Kier alpha value is -4.12. The topological polar surface area (TPSA) is 59.9 Å². The molecule has 34 heavy (non-hydrogen) atoms. The molecule has 1 fully saturated rings. The second kappa shape index (κ2) is 9.79. The second-order valence-corrected chi connectivity index (χ2v) is 8.43. The van der Waals surface area contributed by atoms with Gasteiger partial charge in [0.25, 0.3) is 0 Å². The quantitative estimate of drug-likeness (QED) is 0.277. The van der Waals surface area contributed by atoms with Crippen molar-refractivity contribution in [3.05, 3.63) is 108 Å². The number of hydrazone groups is 1. The number of carbonyl (C=O) groups excluding carboxylic acids is 1. The fraction of sp³-hybridized carbons (Fsp3) is 0.172. The molecule has 0 spiro atoms. The average molecular weight is 451 g/mol. The van der Waals surface area contributed by atoms with Crippen molar-refractivity contribution in [1.82, 2.24) is 5.43 Å². The monoisotopic (exact) mass is 450 g/mol. The first kappa shape index (κ1) is 21.7. The van der Waals surface area contributed by atoms with E-state index in [0.29, 0.717) is 18.1 Å². The molecule has 170 valence electrons. The summed E-state index contributed by atoms with van der Waals surface area (Å²) < 4.78 is 11.6. The van der Waals surface area contributed by atoms with Crippen LogP contribution in [0.1, 0.15) is 29.0 Å². The molecule has 1 aliphatic carbocycles. The summed E-state index contributed by atoms with van der Waals surface area (Å²) in [5, 5.41) is 6.50. The molecule has 2 atom stereocenters. The summed E-state index contributed by atoms with van der Waals surface area (Å²) in [6, 6.07) is 30.2. The maximum atomic E-state index is 12.4. The molecular formula is C29H26N2O3. The number of benzene rings is 4. The van der Waals surface area contributed by atoms with E-state index >= 15 is 0 Å². The van der Waals surface area contributed by atoms with Crippen LogP contribution in [-0.2, 0) is 11.4 Å². The zero-order chi connectivity index (χ0) is 23.3. The Balaban J connectivity index is 1.20. The number of rotatable bonds is 8. The highest BCUT2D eigenvalue weighted by Crippen LogP contribution is 2.47. The molecule has 1 amide bonds. The van der Waals surface area contributed by atoms with Gasteiger partial charge in [-0.15, -0.1) is 0 Å². The summed E-state index contributed by atoms with van der Waals surface area (Å²) >= 11 is 0. The van der Waals surface area contributed by atoms with Crippen LogP contribution in [0.15, 0.2) is 96.1 Å². The standard InChI is InChI=1S/C29H26N2O3/c1-33-28-16-20(18-30-31-29(32)26-17-25(26)22-8-3-2-4-9-22)14-15-27(28)34-19-23-12-7-11-21-10-5-6-13-24(21)23/h2-16,18,25-26H,17,19H2,1H3,(H,31,32)/b30-18+/t25-,26+/m1/s1. The molecule has 1 N–H and O–H groups in total. The molecule has 4 aromatic rings. The van der Waals surface area contributed by atoms with Gasteiger partial charge in [0, 0.05) is 5.92 Å². The molecule has 0 heterocycles. The molecule has 0 aromatic heterocycles. The molecule has 5 rings (SSSR count). The number of carbonyl (C=O) groups is 1. The number of amides is 1. The third-order valence-corrected chi connectivity index (χ3v) is 6.19. The highest BCUT2D eigenvalue weighted by Gasteiger charge is 2.43. The van der Waals surface area contributed by atoms with E-state index in [9.17, 15) is 4.79 Å². The zero-order valence-electron chi connectivity index (χ0n) is 19.0. The molecule has 1 saturated carbocycles. The summed E-state index contributed by atoms with van der Waals surface area (Å²) in [4.78, 5) is 12.4. The minimum atomic E-state index is -0.0490. The van der Waals surface area contributed by atoms with Crippen molar-refractivity contribution in [3.8, 4) is 11.5 Å². The van der Waals surface area contributed by atoms with E-state index in [1.807, 2.05) is 54.6 Å². The Labute approximate surface area is 199 Å². The van der Waals surface area contributed by atoms with Crippen molar-refractivity contribution >= 4 is 22.9 Å². The number of nitrogens with one attached hydrogen (secondary N) is 1. The van der Waals surface area contributed by atoms with Gasteiger partial charge in [-0.05, 0) is 58.0 Å². The lowest BCUT2D eigenvalue weighted by molar-refractivity contribution is -0.122. The molecule has 0 aliphatic heterocycles. The molecule has 5 heteroatoms. The van der Waals surface area contributed by atoms with Crippen LogP contribution in [0.4, 0.5) is 0 Å². The third-order valence-electron chi connectivity index (χ3n) is 6.19. The lowest BCUT2D eigenvalue weighted by atomic mass is 10.1. The van der Waals surface area contributed by atoms with E-state index in [-0.39, 0.29) is 17.7 Å². The maximum absolute atomic E-state index is 12.4. The van der Waals surface area contributed by atoms with Gasteiger partial charge < -0.3 is 9.47 Å². The van der Waals surface area contributed by atoms with E-state index in [2.05, 4.69) is 46.9 Å². The van der Waals surface area contributed by atoms with Crippen molar-refractivity contribution in [1.29, 1.82) is 0 Å². The first-order chi connectivity index (χ1) is 16.7. The predicted molar refractivity (Wildman–Crippen MR) is 134 cm³/mol. The summed E-state index contributed by atoms with van der Waals surface area (Å²) in [6.45, 7) is 0.436. The van der Waals surface area contributed by atoms with E-state index in [1.54, 1.807) is 13.3 Å². The van der Waals surface area contributed by atoms with Crippen LogP contribution in [0.5, 0.6) is 11.5 Å². The van der Waals surface area contributed by atoms with Crippen LogP contribution in [-0.4, -0.2) is 19.2 Å². The lowest BCUT2D eigenvalue weighted by Crippen LogP contribution is -2.20. The summed E-state index contributed by atoms with van der Waals surface area (Å²) in [7, 11) is 1.61. The Morgan fingerprint density at radius 3 is 2.62 bits per heavy atom. The molecule has 0 saturated heterocycles. The molecule has 0 radical (unpaired) electrons. The van der Waals surface area contributed by atoms with Crippen LogP contribution >= 0.6 is 0 Å². The second-order valence-electron chi connectivity index (χ2n) is 8.43. The number of methoxy groups -OCH3 is 1. The first-order valence-corrected chi connectivity index (χ1v) is 11.4. The number of hydrogen-bond donors (Lipinski definition) is 1. The van der Waals surface area contributed by atoms with Crippen molar-refractivity contribution in [2.45, 2.75) is 18.9 Å². The molecule has 1 aliphatic rings. The van der Waals surface area contributed by atoms with Gasteiger partial charge in [0.1, 0.15) is 6.61 Å². The van der Waals surface area contributed by atoms with Gasteiger partial charge >= 0.3 is 0 Å². The van der Waals surface area contributed by atoms with Crippen LogP contribution in [0, 0.1) is 5.92 Å². The van der Waals surface area contributed by atoms with Crippen LogP contribution < -0.4 is 14.9 Å². The van der Waals surface area contributed by atoms with Gasteiger partial charge in [0.05, 0.1) is 13.3 Å². The molecule has 5 nitrogen and oxygen atoms in total. The van der Waals surface area contributed by atoms with Gasteiger partial charge in [-0.1, -0.05) is 72.8 Å². The Kier molecular flexibility index (Phi) is 6.25. The first-order valence-electron chi connectivity index (χ1n) is 11.4. The van der Waals surface area contributed by atoms with Gasteiger partial charge in [-0.25, -0.2) is 5.43 Å². The molecular weight excluding hydrogens is 424 g/mol. The Morgan fingerprint density at radius 1 is 0.971 bits per heavy atom. The molecule has 0 unspecified atom stereocenters. The Morgan fingerprint density at radius 2 is 1.76 bits per heavy atom. The smallest absolute Gasteiger partial charge is 0.243 e. The Bertz CT molecular complexity index is 1330. The average Bonchev–Trinajstić information content (AvgIpc) is 3.69. The highest BCUT2D eigenvalue weighted by molar-refractivity contribution is 5.86. The van der Waals surface area contributed by atoms with Crippen molar-refractivity contribution < 1.29 is 14.3 Å². The van der Waals surface area contributed by atoms with Gasteiger partial charge in [-0.2, -0.15) is 5.10 Å². The largest absolute Gasteiger partial charge is 0.493 e. The minimum Gasteiger partial charge on any atom is -0.493 e. The maximum Gasteiger partial charge on any atom is 0.243 e. The number of hydrogen-bond acceptors (Lipinski definition) is 4. The lowest BCUT2D eigenvalue weighted by Gasteiger charge is -2.12. The van der Waals surface area contributed by atoms with Crippen LogP contribution in [0.3, 0.4) is 0 Å². The van der Waals surface area contributed by atoms with Gasteiger partial charge in [-0.3, -0.25) is 4.79 Å². The number of ether oxygens (including phenoxy) is 2. The SMILES string of the molecule is COc1cc(/C=N/NC(=O)[C@H]2C[C@@H]2c2ccccc2)ccc1OCc1cccc2ccccc12. The summed E-state index contributed by atoms with van der Waals surface area (Å²) in [6.07, 6.45) is 2.48. The van der Waals surface area contributed by atoms with Crippen molar-refractivity contribution in [2.75, 3.05) is 7.11 Å². The predicted octanol–water partition coefficient (Wildman–Crippen LogP) is 5.68. The van der Waals surface area contributed by atoms with Gasteiger partial charge in [0.2, 0.25) is 5.91 Å². The van der Waals surface area contributed by atoms with E-state index in [1.165, 1.54) is 16.3 Å². The van der Waals surface area contributed by atoms with Gasteiger partial charge in [0.15, 0.2) is 11.5 Å². The number of fused-ring (bicyclic) bond motifs is 1. The van der Waals surface area contributed by atoms with E-state index in [0.717, 1.165) is 17.5 Å². The minimum absolute atomic E-state index is 0.0149.